The largest absolute Gasteiger partial charge is 0.489 e. The summed E-state index contributed by atoms with van der Waals surface area (Å²) < 4.78 is 10.9. The molecule has 132 valence electrons. The fourth-order valence-corrected chi connectivity index (χ4v) is 2.07. The van der Waals surface area contributed by atoms with Crippen molar-refractivity contribution in [3.05, 3.63) is 55.8 Å². The van der Waals surface area contributed by atoms with E-state index >= 15 is 0 Å². The summed E-state index contributed by atoms with van der Waals surface area (Å²) in [6, 6.07) is 3.09. The SMILES string of the molecule is ClC(Cl)=CCONC=COc1c(Cl)cc(OCC=C(Cl)Cl)cc1Cl. The van der Waals surface area contributed by atoms with Crippen LogP contribution in [0, 0.1) is 0 Å². The second kappa shape index (κ2) is 12.0. The number of nitrogens with one attached hydrogen (secondary N) is 1. The van der Waals surface area contributed by atoms with Crippen LogP contribution in [0.4, 0.5) is 0 Å². The average molecular weight is 454 g/mol. The van der Waals surface area contributed by atoms with Gasteiger partial charge in [0.25, 0.3) is 0 Å². The van der Waals surface area contributed by atoms with Crippen molar-refractivity contribution in [2.75, 3.05) is 13.2 Å². The van der Waals surface area contributed by atoms with Crippen LogP contribution < -0.4 is 15.0 Å². The van der Waals surface area contributed by atoms with Gasteiger partial charge in [0.05, 0.1) is 22.9 Å². The molecule has 0 aliphatic carbocycles. The van der Waals surface area contributed by atoms with E-state index in [0.29, 0.717) is 5.75 Å². The Morgan fingerprint density at radius 3 is 2.12 bits per heavy atom. The van der Waals surface area contributed by atoms with Crippen LogP contribution in [0.3, 0.4) is 0 Å². The molecule has 0 amide bonds. The van der Waals surface area contributed by atoms with Crippen LogP contribution in [-0.4, -0.2) is 13.2 Å². The third-order valence-electron chi connectivity index (χ3n) is 2.19. The molecule has 1 N–H and O–H groups in total. The van der Waals surface area contributed by atoms with Crippen molar-refractivity contribution in [1.82, 2.24) is 5.48 Å². The molecule has 0 bridgehead atoms. The molecule has 0 saturated heterocycles. The van der Waals surface area contributed by atoms with E-state index < -0.39 is 0 Å². The van der Waals surface area contributed by atoms with Crippen molar-refractivity contribution in [3.8, 4) is 11.5 Å². The molecule has 0 unspecified atom stereocenters. The Hall–Kier alpha value is -0.460. The summed E-state index contributed by atoms with van der Waals surface area (Å²) in [6.45, 7) is 0.359. The number of ether oxygens (including phenoxy) is 2. The van der Waals surface area contributed by atoms with E-state index in [-0.39, 0.29) is 38.0 Å². The quantitative estimate of drug-likeness (QED) is 0.267. The van der Waals surface area contributed by atoms with Gasteiger partial charge in [-0.15, -0.1) is 0 Å². The second-order valence-corrected chi connectivity index (χ2v) is 6.69. The molecule has 0 aliphatic rings. The summed E-state index contributed by atoms with van der Waals surface area (Å²) in [6.07, 6.45) is 5.64. The van der Waals surface area contributed by atoms with E-state index in [0.717, 1.165) is 0 Å². The maximum Gasteiger partial charge on any atom is 0.164 e. The van der Waals surface area contributed by atoms with Gasteiger partial charge < -0.3 is 9.47 Å². The van der Waals surface area contributed by atoms with E-state index in [9.17, 15) is 0 Å². The highest BCUT2D eigenvalue weighted by atomic mass is 35.5. The summed E-state index contributed by atoms with van der Waals surface area (Å²) in [5.74, 6) is 0.705. The number of hydrogen-bond acceptors (Lipinski definition) is 4. The van der Waals surface area contributed by atoms with Gasteiger partial charge in [-0.05, 0) is 12.2 Å². The van der Waals surface area contributed by atoms with Crippen molar-refractivity contribution < 1.29 is 14.3 Å². The fraction of sp³-hybridized carbons (Fsp3) is 0.143. The first-order valence-corrected chi connectivity index (χ1v) is 8.50. The van der Waals surface area contributed by atoms with Gasteiger partial charge in [0.2, 0.25) is 0 Å². The molecule has 24 heavy (non-hydrogen) atoms. The normalized spacial score (nSPS) is 10.4. The number of benzene rings is 1. The lowest BCUT2D eigenvalue weighted by molar-refractivity contribution is 0.0941. The van der Waals surface area contributed by atoms with E-state index in [2.05, 4.69) is 5.48 Å². The molecule has 1 rings (SSSR count). The molecule has 0 spiro atoms. The number of hydroxylamine groups is 1. The van der Waals surface area contributed by atoms with E-state index in [1.54, 1.807) is 12.1 Å². The molecule has 1 aromatic carbocycles. The molecule has 0 heterocycles. The zero-order valence-electron chi connectivity index (χ0n) is 11.9. The van der Waals surface area contributed by atoms with Crippen molar-refractivity contribution >= 4 is 69.6 Å². The molecule has 10 heteroatoms. The van der Waals surface area contributed by atoms with Crippen molar-refractivity contribution in [3.63, 3.8) is 0 Å². The molecule has 4 nitrogen and oxygen atoms in total. The van der Waals surface area contributed by atoms with E-state index in [4.69, 9.17) is 83.9 Å². The van der Waals surface area contributed by atoms with Gasteiger partial charge in [-0.25, -0.2) is 0 Å². The molecule has 0 aromatic heterocycles. The van der Waals surface area contributed by atoms with Crippen LogP contribution in [0.15, 0.2) is 45.7 Å². The second-order valence-electron chi connectivity index (χ2n) is 3.86. The van der Waals surface area contributed by atoms with Crippen LogP contribution in [-0.2, 0) is 4.84 Å². The molecule has 0 atom stereocenters. The summed E-state index contributed by atoms with van der Waals surface area (Å²) in [5.41, 5.74) is 2.49. The minimum atomic E-state index is 0.107. The van der Waals surface area contributed by atoms with Gasteiger partial charge in [-0.3, -0.25) is 10.3 Å². The molecular weight excluding hydrogens is 443 g/mol. The van der Waals surface area contributed by atoms with Gasteiger partial charge in [0, 0.05) is 12.1 Å². The molecule has 0 aliphatic heterocycles. The third-order valence-corrected chi connectivity index (χ3v) is 3.36. The standard InChI is InChI=1S/C14H11Cl6NO3/c15-10-7-9(22-4-1-12(17)18)8-11(16)14(10)23-6-3-21-24-5-2-13(19)20/h1-3,6-8,21H,4-5H2. The zero-order chi connectivity index (χ0) is 17.9. The Bertz CT molecular complexity index is 602. The van der Waals surface area contributed by atoms with Crippen molar-refractivity contribution in [2.45, 2.75) is 0 Å². The van der Waals surface area contributed by atoms with Gasteiger partial charge >= 0.3 is 0 Å². The monoisotopic (exact) mass is 451 g/mol. The van der Waals surface area contributed by atoms with E-state index in [1.165, 1.54) is 24.6 Å². The smallest absolute Gasteiger partial charge is 0.164 e. The molecule has 0 saturated carbocycles. The van der Waals surface area contributed by atoms with Gasteiger partial charge in [0.15, 0.2) is 5.75 Å². The van der Waals surface area contributed by atoms with Crippen LogP contribution in [0.2, 0.25) is 10.0 Å². The lowest BCUT2D eigenvalue weighted by Crippen LogP contribution is -2.06. The Morgan fingerprint density at radius 1 is 0.958 bits per heavy atom. The maximum atomic E-state index is 6.09. The average Bonchev–Trinajstić information content (AvgIpc) is 2.47. The Labute approximate surface area is 169 Å². The molecule has 0 radical (unpaired) electrons. The highest BCUT2D eigenvalue weighted by molar-refractivity contribution is 6.56. The summed E-state index contributed by atoms with van der Waals surface area (Å²) >= 11 is 34.0. The summed E-state index contributed by atoms with van der Waals surface area (Å²) in [5, 5.41) is 0.529. The zero-order valence-corrected chi connectivity index (χ0v) is 16.4. The number of halogens is 6. The van der Waals surface area contributed by atoms with Crippen LogP contribution in [0.1, 0.15) is 0 Å². The fourth-order valence-electron chi connectivity index (χ4n) is 1.26. The molecule has 1 aromatic rings. The molecular formula is C14H11Cl6NO3. The lowest BCUT2D eigenvalue weighted by atomic mass is 10.3. The maximum absolute atomic E-state index is 6.09. The van der Waals surface area contributed by atoms with Gasteiger partial charge in [0.1, 0.15) is 27.6 Å². The lowest BCUT2D eigenvalue weighted by Gasteiger charge is -2.09. The summed E-state index contributed by atoms with van der Waals surface area (Å²) in [4.78, 5) is 4.95. The topological polar surface area (TPSA) is 39.7 Å². The van der Waals surface area contributed by atoms with Gasteiger partial charge in [-0.2, -0.15) is 0 Å². The highest BCUT2D eigenvalue weighted by Crippen LogP contribution is 2.37. The first-order chi connectivity index (χ1) is 11.4. The Kier molecular flexibility index (Phi) is 10.8. The van der Waals surface area contributed by atoms with Crippen LogP contribution in [0.5, 0.6) is 11.5 Å². The first-order valence-electron chi connectivity index (χ1n) is 6.23. The molecule has 0 fully saturated rings. The summed E-state index contributed by atoms with van der Waals surface area (Å²) in [7, 11) is 0. The van der Waals surface area contributed by atoms with Crippen LogP contribution in [0.25, 0.3) is 0 Å². The Balaban J connectivity index is 2.53. The highest BCUT2D eigenvalue weighted by Gasteiger charge is 2.09. The number of rotatable bonds is 9. The predicted molar refractivity (Wildman–Crippen MR) is 100 cm³/mol. The third kappa shape index (κ3) is 9.14. The predicted octanol–water partition coefficient (Wildman–Crippen LogP) is 6.38. The minimum Gasteiger partial charge on any atom is -0.489 e. The first kappa shape index (κ1) is 21.6. The van der Waals surface area contributed by atoms with Crippen LogP contribution >= 0.6 is 69.6 Å². The number of hydrogen-bond donors (Lipinski definition) is 1. The van der Waals surface area contributed by atoms with Crippen molar-refractivity contribution in [2.24, 2.45) is 0 Å². The van der Waals surface area contributed by atoms with Gasteiger partial charge in [-0.1, -0.05) is 69.6 Å². The van der Waals surface area contributed by atoms with E-state index in [1.807, 2.05) is 0 Å². The Morgan fingerprint density at radius 2 is 1.54 bits per heavy atom. The van der Waals surface area contributed by atoms with Crippen molar-refractivity contribution in [1.29, 1.82) is 0 Å². The minimum absolute atomic E-state index is 0.107.